The molecule has 1 N–H and O–H groups in total. The molecule has 1 unspecified atom stereocenters. The van der Waals surface area contributed by atoms with Crippen molar-refractivity contribution in [3.63, 3.8) is 0 Å². The largest absolute Gasteiger partial charge is 0.441 e. The maximum absolute atomic E-state index is 12.8. The predicted octanol–water partition coefficient (Wildman–Crippen LogP) is 5.14. The van der Waals surface area contributed by atoms with Crippen LogP contribution in [0.4, 0.5) is 13.2 Å². The van der Waals surface area contributed by atoms with E-state index in [1.807, 2.05) is 15.8 Å². The van der Waals surface area contributed by atoms with Gasteiger partial charge in [-0.25, -0.2) is 0 Å². The molecule has 0 bridgehead atoms. The SMILES string of the molecule is Cc1c(C(=O)NCCSC(F)(F)F)ccc2nn(CC3CCN(C(=O)c4ccc(Cl)cc4)C3)cc12. The first-order valence-corrected chi connectivity index (χ1v) is 12.5. The summed E-state index contributed by atoms with van der Waals surface area (Å²) in [6, 6.07) is 10.2. The van der Waals surface area contributed by atoms with E-state index in [0.717, 1.165) is 22.9 Å². The van der Waals surface area contributed by atoms with Gasteiger partial charge in [0.2, 0.25) is 0 Å². The Balaban J connectivity index is 1.37. The van der Waals surface area contributed by atoms with Crippen molar-refractivity contribution < 1.29 is 22.8 Å². The summed E-state index contributed by atoms with van der Waals surface area (Å²) in [5, 5.41) is 8.56. The molecule has 1 aliphatic heterocycles. The second-order valence-electron chi connectivity index (χ2n) is 8.48. The van der Waals surface area contributed by atoms with E-state index in [-0.39, 0.29) is 35.9 Å². The van der Waals surface area contributed by atoms with Crippen molar-refractivity contribution in [1.82, 2.24) is 20.0 Å². The van der Waals surface area contributed by atoms with E-state index < -0.39 is 11.4 Å². The zero-order valence-electron chi connectivity index (χ0n) is 18.9. The van der Waals surface area contributed by atoms with Gasteiger partial charge in [-0.15, -0.1) is 0 Å². The Hall–Kier alpha value is -2.72. The van der Waals surface area contributed by atoms with Crippen LogP contribution in [0.15, 0.2) is 42.6 Å². The molecule has 35 heavy (non-hydrogen) atoms. The molecule has 0 saturated carbocycles. The Morgan fingerprint density at radius 2 is 1.94 bits per heavy atom. The van der Waals surface area contributed by atoms with Gasteiger partial charge in [0, 0.05) is 59.7 Å². The van der Waals surface area contributed by atoms with Crippen LogP contribution in [0.5, 0.6) is 0 Å². The minimum Gasteiger partial charge on any atom is -0.351 e. The lowest BCUT2D eigenvalue weighted by atomic mass is 10.0. The van der Waals surface area contributed by atoms with Crippen molar-refractivity contribution in [2.24, 2.45) is 5.92 Å². The highest BCUT2D eigenvalue weighted by molar-refractivity contribution is 8.00. The van der Waals surface area contributed by atoms with Gasteiger partial charge in [-0.1, -0.05) is 11.6 Å². The highest BCUT2D eigenvalue weighted by Gasteiger charge is 2.28. The minimum atomic E-state index is -4.31. The molecule has 1 fully saturated rings. The number of rotatable bonds is 7. The number of halogens is 4. The van der Waals surface area contributed by atoms with Crippen molar-refractivity contribution in [2.75, 3.05) is 25.4 Å². The smallest absolute Gasteiger partial charge is 0.351 e. The van der Waals surface area contributed by atoms with Crippen molar-refractivity contribution in [3.8, 4) is 0 Å². The van der Waals surface area contributed by atoms with Gasteiger partial charge < -0.3 is 10.2 Å². The molecular formula is C24H24ClF3N4O2S. The van der Waals surface area contributed by atoms with Crippen molar-refractivity contribution in [3.05, 3.63) is 64.3 Å². The molecule has 0 radical (unpaired) electrons. The van der Waals surface area contributed by atoms with Crippen LogP contribution in [-0.2, 0) is 6.54 Å². The third-order valence-corrected chi connectivity index (χ3v) is 7.00. The number of aryl methyl sites for hydroxylation is 1. The summed E-state index contributed by atoms with van der Waals surface area (Å²) >= 11 is 5.75. The first-order valence-electron chi connectivity index (χ1n) is 11.1. The summed E-state index contributed by atoms with van der Waals surface area (Å²) in [5.41, 5.74) is -1.83. The standard InChI is InChI=1S/C24H24ClF3N4O2S/c1-15-19(22(33)29-9-11-35-24(26,27)28)6-7-21-20(15)14-32(30-21)13-16-8-10-31(12-16)23(34)17-2-4-18(25)5-3-17/h2-7,14,16H,8-13H2,1H3,(H,29,33). The van der Waals surface area contributed by atoms with Crippen LogP contribution in [0.3, 0.4) is 0 Å². The Labute approximate surface area is 209 Å². The summed E-state index contributed by atoms with van der Waals surface area (Å²) in [6.45, 7) is 3.65. The van der Waals surface area contributed by atoms with Gasteiger partial charge in [-0.2, -0.15) is 18.3 Å². The van der Waals surface area contributed by atoms with Crippen LogP contribution in [0.25, 0.3) is 10.9 Å². The summed E-state index contributed by atoms with van der Waals surface area (Å²) in [7, 11) is 0. The average molecular weight is 525 g/mol. The number of hydrogen-bond donors (Lipinski definition) is 1. The Morgan fingerprint density at radius 3 is 2.66 bits per heavy atom. The number of nitrogens with one attached hydrogen (secondary N) is 1. The van der Waals surface area contributed by atoms with E-state index in [4.69, 9.17) is 11.6 Å². The number of fused-ring (bicyclic) bond motifs is 1. The minimum absolute atomic E-state index is 0.0186. The molecule has 186 valence electrons. The fourth-order valence-corrected chi connectivity index (χ4v) is 4.81. The second kappa shape index (κ2) is 10.5. The van der Waals surface area contributed by atoms with Crippen molar-refractivity contribution in [1.29, 1.82) is 0 Å². The van der Waals surface area contributed by atoms with E-state index in [2.05, 4.69) is 10.4 Å². The number of alkyl halides is 3. The van der Waals surface area contributed by atoms with Gasteiger partial charge in [0.15, 0.2) is 0 Å². The third-order valence-electron chi connectivity index (χ3n) is 6.01. The van der Waals surface area contributed by atoms with Gasteiger partial charge >= 0.3 is 5.51 Å². The molecule has 1 saturated heterocycles. The molecule has 1 aliphatic rings. The molecule has 2 amide bonds. The molecule has 4 rings (SSSR count). The normalized spacial score (nSPS) is 16.1. The van der Waals surface area contributed by atoms with Crippen molar-refractivity contribution in [2.45, 2.75) is 25.4 Å². The lowest BCUT2D eigenvalue weighted by Crippen LogP contribution is -2.29. The third kappa shape index (κ3) is 6.29. The molecule has 0 aliphatic carbocycles. The molecular weight excluding hydrogens is 501 g/mol. The number of thioether (sulfide) groups is 1. The Morgan fingerprint density at radius 1 is 1.20 bits per heavy atom. The first kappa shape index (κ1) is 25.4. The molecule has 2 aromatic carbocycles. The topological polar surface area (TPSA) is 67.2 Å². The van der Waals surface area contributed by atoms with Gasteiger partial charge in [0.05, 0.1) is 5.52 Å². The number of carbonyl (C=O) groups excluding carboxylic acids is 2. The summed E-state index contributed by atoms with van der Waals surface area (Å²) in [6.07, 6.45) is 2.74. The van der Waals surface area contributed by atoms with Gasteiger partial charge in [0.25, 0.3) is 11.8 Å². The van der Waals surface area contributed by atoms with Crippen LogP contribution in [0.2, 0.25) is 5.02 Å². The maximum atomic E-state index is 12.8. The average Bonchev–Trinajstić information content (AvgIpc) is 3.44. The predicted molar refractivity (Wildman–Crippen MR) is 131 cm³/mol. The van der Waals surface area contributed by atoms with Crippen LogP contribution in [0.1, 0.15) is 32.7 Å². The number of likely N-dealkylation sites (tertiary alicyclic amines) is 1. The summed E-state index contributed by atoms with van der Waals surface area (Å²) in [4.78, 5) is 27.1. The molecule has 1 aromatic heterocycles. The number of benzene rings is 2. The number of nitrogens with zero attached hydrogens (tertiary/aromatic N) is 3. The number of carbonyl (C=O) groups is 2. The second-order valence-corrected chi connectivity index (χ2v) is 10.1. The molecule has 1 atom stereocenters. The summed E-state index contributed by atoms with van der Waals surface area (Å²) in [5.74, 6) is -0.426. The molecule has 3 aromatic rings. The van der Waals surface area contributed by atoms with Gasteiger partial charge in [-0.3, -0.25) is 14.3 Å². The fraction of sp³-hybridized carbons (Fsp3) is 0.375. The summed E-state index contributed by atoms with van der Waals surface area (Å²) < 4.78 is 38.6. The van der Waals surface area contributed by atoms with Crippen LogP contribution < -0.4 is 5.32 Å². The number of aromatic nitrogens is 2. The van der Waals surface area contributed by atoms with E-state index in [9.17, 15) is 22.8 Å². The zero-order chi connectivity index (χ0) is 25.2. The Bertz CT molecular complexity index is 1230. The van der Waals surface area contributed by atoms with E-state index in [0.29, 0.717) is 35.8 Å². The first-order chi connectivity index (χ1) is 16.6. The molecule has 11 heteroatoms. The van der Waals surface area contributed by atoms with Crippen LogP contribution in [-0.4, -0.2) is 57.4 Å². The van der Waals surface area contributed by atoms with Gasteiger partial charge in [0.1, 0.15) is 0 Å². The quantitative estimate of drug-likeness (QED) is 0.434. The fourth-order valence-electron chi connectivity index (χ4n) is 4.25. The zero-order valence-corrected chi connectivity index (χ0v) is 20.5. The highest BCUT2D eigenvalue weighted by atomic mass is 35.5. The molecule has 2 heterocycles. The monoisotopic (exact) mass is 524 g/mol. The van der Waals surface area contributed by atoms with E-state index in [1.54, 1.807) is 43.3 Å². The molecule has 0 spiro atoms. The number of amides is 2. The van der Waals surface area contributed by atoms with Crippen molar-refractivity contribution >= 4 is 46.1 Å². The van der Waals surface area contributed by atoms with E-state index >= 15 is 0 Å². The lowest BCUT2D eigenvalue weighted by Gasteiger charge is -2.16. The van der Waals surface area contributed by atoms with Crippen LogP contribution in [0, 0.1) is 12.8 Å². The Kier molecular flexibility index (Phi) is 7.61. The molecule has 6 nitrogen and oxygen atoms in total. The van der Waals surface area contributed by atoms with Gasteiger partial charge in [-0.05, 0) is 73.0 Å². The lowest BCUT2D eigenvalue weighted by molar-refractivity contribution is -0.0327. The highest BCUT2D eigenvalue weighted by Crippen LogP contribution is 2.29. The number of hydrogen-bond acceptors (Lipinski definition) is 4. The van der Waals surface area contributed by atoms with Crippen LogP contribution >= 0.6 is 23.4 Å². The maximum Gasteiger partial charge on any atom is 0.441 e. The van der Waals surface area contributed by atoms with E-state index in [1.165, 1.54) is 0 Å².